The van der Waals surface area contributed by atoms with E-state index in [1.165, 1.54) is 6.42 Å². The van der Waals surface area contributed by atoms with Crippen molar-refractivity contribution in [2.24, 2.45) is 13.0 Å². The second-order valence-electron chi connectivity index (χ2n) is 7.74. The van der Waals surface area contributed by atoms with Crippen molar-refractivity contribution < 1.29 is 9.59 Å². The van der Waals surface area contributed by atoms with E-state index in [0.29, 0.717) is 17.8 Å². The van der Waals surface area contributed by atoms with Gasteiger partial charge in [0.25, 0.3) is 5.91 Å². The van der Waals surface area contributed by atoms with Gasteiger partial charge in [0, 0.05) is 56.6 Å². The summed E-state index contributed by atoms with van der Waals surface area (Å²) in [5.41, 5.74) is 2.37. The number of nitrogens with one attached hydrogen (secondary N) is 2. The van der Waals surface area contributed by atoms with Crippen molar-refractivity contribution in [3.8, 4) is 0 Å². The number of nitrogens with zero attached hydrogens (tertiary/aromatic N) is 3. The van der Waals surface area contributed by atoms with Crippen LogP contribution in [0.2, 0.25) is 0 Å². The normalized spacial score (nSPS) is 22.2. The zero-order chi connectivity index (χ0) is 19.5. The molecule has 2 aromatic rings. The highest BCUT2D eigenvalue weighted by Crippen LogP contribution is 2.29. The van der Waals surface area contributed by atoms with Crippen LogP contribution in [-0.4, -0.2) is 52.7 Å². The van der Waals surface area contributed by atoms with Crippen LogP contribution in [0.25, 0.3) is 0 Å². The fraction of sp³-hybridized carbons (Fsp3) is 0.476. The molecule has 2 saturated heterocycles. The monoisotopic (exact) mass is 381 g/mol. The summed E-state index contributed by atoms with van der Waals surface area (Å²) in [7, 11) is 1.88. The lowest BCUT2D eigenvalue weighted by atomic mass is 9.90. The summed E-state index contributed by atoms with van der Waals surface area (Å²) >= 11 is 0. The van der Waals surface area contributed by atoms with Gasteiger partial charge < -0.3 is 15.5 Å². The van der Waals surface area contributed by atoms with Crippen molar-refractivity contribution in [3.63, 3.8) is 0 Å². The number of carbonyl (C=O) groups excluding carboxylic acids is 2. The Morgan fingerprint density at radius 1 is 1.18 bits per heavy atom. The molecule has 0 aliphatic carbocycles. The number of piperidine rings is 1. The molecule has 2 fully saturated rings. The van der Waals surface area contributed by atoms with Crippen molar-refractivity contribution in [1.82, 2.24) is 20.0 Å². The molecule has 2 N–H and O–H groups in total. The predicted molar refractivity (Wildman–Crippen MR) is 107 cm³/mol. The van der Waals surface area contributed by atoms with Crippen LogP contribution >= 0.6 is 0 Å². The van der Waals surface area contributed by atoms with Gasteiger partial charge >= 0.3 is 0 Å². The molecule has 148 valence electrons. The SMILES string of the molecule is Cn1cc([C@H]2CNC[C@@H]2C(=O)Nc2cccc(C(=O)N3CCCCC3)c2)cn1. The Labute approximate surface area is 165 Å². The molecule has 2 atom stereocenters. The van der Waals surface area contributed by atoms with E-state index in [0.717, 1.165) is 38.0 Å². The van der Waals surface area contributed by atoms with Gasteiger partial charge in [-0.25, -0.2) is 0 Å². The number of amides is 2. The number of likely N-dealkylation sites (tertiary alicyclic amines) is 1. The lowest BCUT2D eigenvalue weighted by Gasteiger charge is -2.27. The molecule has 0 bridgehead atoms. The van der Waals surface area contributed by atoms with E-state index in [9.17, 15) is 9.59 Å². The number of benzene rings is 1. The van der Waals surface area contributed by atoms with Crippen molar-refractivity contribution >= 4 is 17.5 Å². The second-order valence-corrected chi connectivity index (χ2v) is 7.74. The molecular formula is C21H27N5O2. The van der Waals surface area contributed by atoms with Crippen LogP contribution in [-0.2, 0) is 11.8 Å². The molecule has 1 aromatic carbocycles. The maximum Gasteiger partial charge on any atom is 0.253 e. The third-order valence-electron chi connectivity index (χ3n) is 5.72. The average molecular weight is 381 g/mol. The number of aryl methyl sites for hydroxylation is 1. The van der Waals surface area contributed by atoms with Crippen LogP contribution in [0.5, 0.6) is 0 Å². The van der Waals surface area contributed by atoms with E-state index in [1.807, 2.05) is 42.5 Å². The molecule has 3 heterocycles. The summed E-state index contributed by atoms with van der Waals surface area (Å²) in [4.78, 5) is 27.5. The first-order valence-electron chi connectivity index (χ1n) is 10.0. The molecule has 2 amide bonds. The van der Waals surface area contributed by atoms with Crippen LogP contribution in [0.1, 0.15) is 41.1 Å². The molecule has 0 unspecified atom stereocenters. The molecule has 1 aromatic heterocycles. The van der Waals surface area contributed by atoms with Gasteiger partial charge in [0.05, 0.1) is 12.1 Å². The van der Waals surface area contributed by atoms with Crippen LogP contribution in [0, 0.1) is 5.92 Å². The summed E-state index contributed by atoms with van der Waals surface area (Å²) in [5.74, 6) is -0.0366. The number of rotatable bonds is 4. The van der Waals surface area contributed by atoms with Gasteiger partial charge in [0.1, 0.15) is 0 Å². The predicted octanol–water partition coefficient (Wildman–Crippen LogP) is 1.99. The van der Waals surface area contributed by atoms with Crippen LogP contribution in [0.4, 0.5) is 5.69 Å². The molecule has 28 heavy (non-hydrogen) atoms. The number of carbonyl (C=O) groups is 2. The van der Waals surface area contributed by atoms with Gasteiger partial charge in [-0.2, -0.15) is 5.10 Å². The molecule has 7 heteroatoms. The lowest BCUT2D eigenvalue weighted by molar-refractivity contribution is -0.119. The third kappa shape index (κ3) is 3.94. The van der Waals surface area contributed by atoms with Crippen LogP contribution in [0.3, 0.4) is 0 Å². The van der Waals surface area contributed by atoms with Gasteiger partial charge in [-0.3, -0.25) is 14.3 Å². The maximum atomic E-state index is 12.9. The van der Waals surface area contributed by atoms with Gasteiger partial charge in [-0.15, -0.1) is 0 Å². The summed E-state index contributed by atoms with van der Waals surface area (Å²) in [5, 5.41) is 10.6. The Morgan fingerprint density at radius 3 is 2.75 bits per heavy atom. The Bertz CT molecular complexity index is 856. The Hall–Kier alpha value is -2.67. The number of anilines is 1. The second kappa shape index (κ2) is 8.14. The van der Waals surface area contributed by atoms with E-state index in [1.54, 1.807) is 10.7 Å². The molecule has 0 spiro atoms. The minimum Gasteiger partial charge on any atom is -0.339 e. The molecule has 0 radical (unpaired) electrons. The average Bonchev–Trinajstić information content (AvgIpc) is 3.37. The van der Waals surface area contributed by atoms with E-state index in [2.05, 4.69) is 15.7 Å². The van der Waals surface area contributed by atoms with Gasteiger partial charge in [0.2, 0.25) is 5.91 Å². The Morgan fingerprint density at radius 2 is 2.00 bits per heavy atom. The fourth-order valence-corrected chi connectivity index (χ4v) is 4.18. The highest BCUT2D eigenvalue weighted by molar-refractivity contribution is 5.98. The smallest absolute Gasteiger partial charge is 0.253 e. The topological polar surface area (TPSA) is 79.3 Å². The van der Waals surface area contributed by atoms with Crippen molar-refractivity contribution in [2.45, 2.75) is 25.2 Å². The number of hydrogen-bond acceptors (Lipinski definition) is 4. The van der Waals surface area contributed by atoms with Crippen molar-refractivity contribution in [2.75, 3.05) is 31.5 Å². The third-order valence-corrected chi connectivity index (χ3v) is 5.72. The summed E-state index contributed by atoms with van der Waals surface area (Å²) < 4.78 is 1.76. The first-order valence-corrected chi connectivity index (χ1v) is 10.0. The molecular weight excluding hydrogens is 354 g/mol. The highest BCUT2D eigenvalue weighted by atomic mass is 16.2. The lowest BCUT2D eigenvalue weighted by Crippen LogP contribution is -2.35. The maximum absolute atomic E-state index is 12.9. The van der Waals surface area contributed by atoms with E-state index < -0.39 is 0 Å². The van der Waals surface area contributed by atoms with E-state index in [-0.39, 0.29) is 23.7 Å². The summed E-state index contributed by atoms with van der Waals surface area (Å²) in [6.45, 7) is 3.03. The minimum atomic E-state index is -0.161. The molecule has 2 aliphatic rings. The quantitative estimate of drug-likeness (QED) is 0.849. The van der Waals surface area contributed by atoms with E-state index >= 15 is 0 Å². The Balaban J connectivity index is 1.45. The number of hydrogen-bond donors (Lipinski definition) is 2. The number of aromatic nitrogens is 2. The largest absolute Gasteiger partial charge is 0.339 e. The fourth-order valence-electron chi connectivity index (χ4n) is 4.18. The first-order chi connectivity index (χ1) is 13.6. The first kappa shape index (κ1) is 18.7. The standard InChI is InChI=1S/C21H27N5O2/c1-25-14-16(11-23-25)18-12-22-13-19(18)20(27)24-17-7-5-6-15(10-17)21(28)26-8-3-2-4-9-26/h5-7,10-11,14,18-19,22H,2-4,8-9,12-13H2,1H3,(H,24,27)/t18-,19+/m1/s1. The molecule has 7 nitrogen and oxygen atoms in total. The molecule has 0 saturated carbocycles. The highest BCUT2D eigenvalue weighted by Gasteiger charge is 2.34. The van der Waals surface area contributed by atoms with Crippen LogP contribution < -0.4 is 10.6 Å². The van der Waals surface area contributed by atoms with Crippen LogP contribution in [0.15, 0.2) is 36.7 Å². The molecule has 4 rings (SSSR count). The zero-order valence-electron chi connectivity index (χ0n) is 16.2. The summed E-state index contributed by atoms with van der Waals surface area (Å²) in [6.07, 6.45) is 7.11. The van der Waals surface area contributed by atoms with Gasteiger partial charge in [0.15, 0.2) is 0 Å². The van der Waals surface area contributed by atoms with Crippen molar-refractivity contribution in [1.29, 1.82) is 0 Å². The minimum absolute atomic E-state index is 0.0265. The zero-order valence-corrected chi connectivity index (χ0v) is 16.2. The molecule has 2 aliphatic heterocycles. The Kier molecular flexibility index (Phi) is 5.43. The van der Waals surface area contributed by atoms with Crippen molar-refractivity contribution in [3.05, 3.63) is 47.8 Å². The van der Waals surface area contributed by atoms with Gasteiger partial charge in [-0.1, -0.05) is 6.07 Å². The van der Waals surface area contributed by atoms with Gasteiger partial charge in [-0.05, 0) is 43.0 Å². The summed E-state index contributed by atoms with van der Waals surface area (Å²) in [6, 6.07) is 7.28. The van der Waals surface area contributed by atoms with E-state index in [4.69, 9.17) is 0 Å².